The molecule has 30 heavy (non-hydrogen) atoms. The van der Waals surface area contributed by atoms with Crippen molar-refractivity contribution in [2.75, 3.05) is 57.3 Å². The van der Waals surface area contributed by atoms with Gasteiger partial charge in [0.15, 0.2) is 0 Å². The molecule has 0 spiro atoms. The van der Waals surface area contributed by atoms with Gasteiger partial charge < -0.3 is 9.64 Å². The molecule has 1 aromatic rings. The molecular weight excluding hydrogens is 374 g/mol. The maximum Gasteiger partial charge on any atom is 0.135 e. The van der Waals surface area contributed by atoms with E-state index < -0.39 is 0 Å². The fourth-order valence-electron chi connectivity index (χ4n) is 4.83. The summed E-state index contributed by atoms with van der Waals surface area (Å²) in [4.78, 5) is 16.6. The first-order valence-electron chi connectivity index (χ1n) is 11.8. The van der Waals surface area contributed by atoms with Gasteiger partial charge in [-0.25, -0.2) is 9.97 Å². The Morgan fingerprint density at radius 1 is 1.00 bits per heavy atom. The van der Waals surface area contributed by atoms with Crippen LogP contribution in [0.3, 0.4) is 0 Å². The van der Waals surface area contributed by atoms with Crippen LogP contribution in [-0.2, 0) is 17.6 Å². The van der Waals surface area contributed by atoms with Crippen LogP contribution >= 0.6 is 0 Å². The summed E-state index contributed by atoms with van der Waals surface area (Å²) >= 11 is 0. The van der Waals surface area contributed by atoms with Gasteiger partial charge in [-0.3, -0.25) is 9.80 Å². The van der Waals surface area contributed by atoms with Crippen LogP contribution in [0.25, 0.3) is 0 Å². The van der Waals surface area contributed by atoms with E-state index in [2.05, 4.69) is 50.4 Å². The number of hydrogen-bond acceptors (Lipinski definition) is 6. The number of hydrogen-bond donors (Lipinski definition) is 0. The van der Waals surface area contributed by atoms with Gasteiger partial charge in [-0.15, -0.1) is 0 Å². The number of aryl methyl sites for hydroxylation is 1. The molecule has 2 saturated heterocycles. The lowest BCUT2D eigenvalue weighted by Crippen LogP contribution is -2.48. The predicted molar refractivity (Wildman–Crippen MR) is 121 cm³/mol. The minimum atomic E-state index is 0.322. The van der Waals surface area contributed by atoms with Crippen molar-refractivity contribution in [3.63, 3.8) is 0 Å². The predicted octanol–water partition coefficient (Wildman–Crippen LogP) is 2.37. The lowest BCUT2D eigenvalue weighted by Gasteiger charge is -2.36. The van der Waals surface area contributed by atoms with Crippen molar-refractivity contribution in [1.82, 2.24) is 19.8 Å². The highest BCUT2D eigenvalue weighted by Gasteiger charge is 2.24. The van der Waals surface area contributed by atoms with E-state index in [-0.39, 0.29) is 0 Å². The van der Waals surface area contributed by atoms with Crippen molar-refractivity contribution in [1.29, 1.82) is 0 Å². The van der Waals surface area contributed by atoms with Crippen LogP contribution in [0.4, 0.5) is 5.82 Å². The third-order valence-electron chi connectivity index (χ3n) is 6.80. The molecule has 0 N–H and O–H groups in total. The largest absolute Gasteiger partial charge is 0.365 e. The van der Waals surface area contributed by atoms with Crippen molar-refractivity contribution in [3.8, 4) is 11.8 Å². The first-order chi connectivity index (χ1) is 14.7. The van der Waals surface area contributed by atoms with Gasteiger partial charge in [0.1, 0.15) is 18.8 Å². The van der Waals surface area contributed by atoms with Crippen LogP contribution in [0, 0.1) is 11.8 Å². The van der Waals surface area contributed by atoms with Gasteiger partial charge in [0.05, 0.1) is 12.6 Å². The second kappa shape index (κ2) is 10.6. The lowest BCUT2D eigenvalue weighted by molar-refractivity contribution is 0.0592. The summed E-state index contributed by atoms with van der Waals surface area (Å²) in [5, 5.41) is 0. The number of aromatic nitrogens is 2. The van der Waals surface area contributed by atoms with E-state index in [0.29, 0.717) is 18.8 Å². The van der Waals surface area contributed by atoms with E-state index >= 15 is 0 Å². The Morgan fingerprint density at radius 3 is 2.53 bits per heavy atom. The first-order valence-corrected chi connectivity index (χ1v) is 11.8. The second-order valence-corrected chi connectivity index (χ2v) is 9.09. The highest BCUT2D eigenvalue weighted by atomic mass is 16.5. The van der Waals surface area contributed by atoms with E-state index in [0.717, 1.165) is 71.5 Å². The quantitative estimate of drug-likeness (QED) is 0.693. The summed E-state index contributed by atoms with van der Waals surface area (Å²) in [6, 6.07) is 0.651. The van der Waals surface area contributed by atoms with Crippen LogP contribution in [0.2, 0.25) is 0 Å². The SMILES string of the molecule is CC(C)N1CCN(CC#CCOC2CCN(c3ncnc4c3CCCC4)CC2)CC1. The molecule has 2 aliphatic heterocycles. The van der Waals surface area contributed by atoms with Gasteiger partial charge in [-0.05, 0) is 52.4 Å². The number of anilines is 1. The van der Waals surface area contributed by atoms with Gasteiger partial charge in [-0.2, -0.15) is 0 Å². The van der Waals surface area contributed by atoms with E-state index in [1.54, 1.807) is 6.33 Å². The van der Waals surface area contributed by atoms with Crippen LogP contribution in [0.1, 0.15) is 50.8 Å². The van der Waals surface area contributed by atoms with E-state index in [1.165, 1.54) is 29.9 Å². The van der Waals surface area contributed by atoms with Gasteiger partial charge >= 0.3 is 0 Å². The second-order valence-electron chi connectivity index (χ2n) is 9.09. The van der Waals surface area contributed by atoms with Crippen LogP contribution in [0.15, 0.2) is 6.33 Å². The Balaban J connectivity index is 1.16. The topological polar surface area (TPSA) is 44.7 Å². The van der Waals surface area contributed by atoms with Crippen molar-refractivity contribution in [2.45, 2.75) is 64.5 Å². The zero-order chi connectivity index (χ0) is 20.8. The summed E-state index contributed by atoms with van der Waals surface area (Å²) in [5.74, 6) is 7.73. The Morgan fingerprint density at radius 2 is 1.77 bits per heavy atom. The molecule has 2 fully saturated rings. The molecular formula is C24H37N5O. The molecule has 6 heteroatoms. The molecule has 0 unspecified atom stereocenters. The summed E-state index contributed by atoms with van der Waals surface area (Å²) < 4.78 is 6.06. The minimum Gasteiger partial charge on any atom is -0.365 e. The molecule has 3 heterocycles. The van der Waals surface area contributed by atoms with Crippen molar-refractivity contribution < 1.29 is 4.74 Å². The van der Waals surface area contributed by atoms with Gasteiger partial charge in [-0.1, -0.05) is 11.8 Å². The third kappa shape index (κ3) is 5.51. The molecule has 164 valence electrons. The van der Waals surface area contributed by atoms with Crippen molar-refractivity contribution >= 4 is 5.82 Å². The molecule has 1 aliphatic carbocycles. The maximum absolute atomic E-state index is 6.06. The Kier molecular flexibility index (Phi) is 7.59. The lowest BCUT2D eigenvalue weighted by atomic mass is 9.95. The average molecular weight is 412 g/mol. The third-order valence-corrected chi connectivity index (χ3v) is 6.80. The molecule has 4 rings (SSSR count). The zero-order valence-electron chi connectivity index (χ0n) is 18.8. The number of piperidine rings is 1. The number of rotatable bonds is 5. The number of piperazine rings is 1. The number of fused-ring (bicyclic) bond motifs is 1. The molecule has 0 amide bonds. The van der Waals surface area contributed by atoms with E-state index in [9.17, 15) is 0 Å². The molecule has 0 radical (unpaired) electrons. The fraction of sp³-hybridized carbons (Fsp3) is 0.750. The van der Waals surface area contributed by atoms with E-state index in [1.807, 2.05) is 0 Å². The molecule has 0 saturated carbocycles. The molecule has 0 atom stereocenters. The minimum absolute atomic E-state index is 0.322. The summed E-state index contributed by atoms with van der Waals surface area (Å²) in [6.45, 7) is 12.6. The highest BCUT2D eigenvalue weighted by Crippen LogP contribution is 2.29. The Hall–Kier alpha value is -1.68. The zero-order valence-corrected chi connectivity index (χ0v) is 18.8. The van der Waals surface area contributed by atoms with Gasteiger partial charge in [0.25, 0.3) is 0 Å². The fourth-order valence-corrected chi connectivity index (χ4v) is 4.83. The molecule has 6 nitrogen and oxygen atoms in total. The van der Waals surface area contributed by atoms with Gasteiger partial charge in [0.2, 0.25) is 0 Å². The monoisotopic (exact) mass is 411 g/mol. The van der Waals surface area contributed by atoms with E-state index in [4.69, 9.17) is 4.74 Å². The van der Waals surface area contributed by atoms with Crippen molar-refractivity contribution in [3.05, 3.63) is 17.6 Å². The smallest absolute Gasteiger partial charge is 0.135 e. The number of nitrogens with zero attached hydrogens (tertiary/aromatic N) is 5. The van der Waals surface area contributed by atoms with Crippen LogP contribution in [0.5, 0.6) is 0 Å². The Labute approximate surface area is 182 Å². The standard InChI is InChI=1S/C24H37N5O/c1-20(2)28-16-14-27(15-17-28)11-5-6-18-30-21-9-12-29(13-10-21)24-22-7-3-4-8-23(22)25-19-26-24/h19-21H,3-4,7-18H2,1-2H3. The van der Waals surface area contributed by atoms with Crippen LogP contribution in [-0.4, -0.2) is 84.3 Å². The maximum atomic E-state index is 6.06. The summed E-state index contributed by atoms with van der Waals surface area (Å²) in [6.07, 6.45) is 8.94. The molecule has 1 aromatic heterocycles. The molecule has 0 bridgehead atoms. The Bertz CT molecular complexity index is 740. The summed E-state index contributed by atoms with van der Waals surface area (Å²) in [7, 11) is 0. The average Bonchev–Trinajstić information content (AvgIpc) is 2.79. The summed E-state index contributed by atoms with van der Waals surface area (Å²) in [5.41, 5.74) is 2.66. The molecule has 3 aliphatic rings. The normalized spacial score (nSPS) is 21.4. The highest BCUT2D eigenvalue weighted by molar-refractivity contribution is 5.49. The van der Waals surface area contributed by atoms with Crippen LogP contribution < -0.4 is 4.90 Å². The molecule has 0 aromatic carbocycles. The number of ether oxygens (including phenoxy) is 1. The van der Waals surface area contributed by atoms with Gasteiger partial charge in [0, 0.05) is 56.6 Å². The van der Waals surface area contributed by atoms with Crippen molar-refractivity contribution in [2.24, 2.45) is 0 Å². The first kappa shape index (κ1) is 21.5.